The maximum Gasteiger partial charge on any atom is 0.242 e. The lowest BCUT2D eigenvalue weighted by atomic mass is 10.1. The molecule has 0 aliphatic rings. The Labute approximate surface area is 139 Å². The largest absolute Gasteiger partial charge is 0.464 e. The predicted octanol–water partition coefficient (Wildman–Crippen LogP) is 2.35. The number of nitrogens with zero attached hydrogens (tertiary/aromatic N) is 1. The zero-order chi connectivity index (χ0) is 17.0. The zero-order valence-electron chi connectivity index (χ0n) is 12.7. The normalized spacial score (nSPS) is 12.9. The Morgan fingerprint density at radius 3 is 2.54 bits per heavy atom. The lowest BCUT2D eigenvalue weighted by Gasteiger charge is -2.13. The van der Waals surface area contributed by atoms with Crippen LogP contribution in [0.25, 0.3) is 11.3 Å². The fourth-order valence-electron chi connectivity index (χ4n) is 2.21. The number of hydrogen-bond donors (Lipinski definition) is 2. The number of sulfonamides is 1. The molecule has 0 radical (unpaired) electrons. The van der Waals surface area contributed by atoms with Gasteiger partial charge in [0.15, 0.2) is 0 Å². The molecule has 1 atom stereocenters. The minimum Gasteiger partial charge on any atom is -0.464 e. The number of benzene rings is 1. The minimum absolute atomic E-state index is 0.0605. The van der Waals surface area contributed by atoms with Crippen LogP contribution in [0.4, 0.5) is 0 Å². The second-order valence-electron chi connectivity index (χ2n) is 5.16. The Morgan fingerprint density at radius 2 is 1.92 bits per heavy atom. The smallest absolute Gasteiger partial charge is 0.242 e. The second-order valence-corrected chi connectivity index (χ2v) is 6.92. The first-order valence-electron chi connectivity index (χ1n) is 7.28. The predicted molar refractivity (Wildman–Crippen MR) is 88.5 cm³/mol. The summed E-state index contributed by atoms with van der Waals surface area (Å²) in [6, 6.07) is 13.7. The lowest BCUT2D eigenvalue weighted by molar-refractivity contribution is 0.182. The molecule has 3 rings (SSSR count). The van der Waals surface area contributed by atoms with Crippen molar-refractivity contribution in [1.82, 2.24) is 9.71 Å². The molecular formula is C17H16N2O4S. The average molecular weight is 344 g/mol. The molecule has 124 valence electrons. The molecule has 0 aliphatic heterocycles. The summed E-state index contributed by atoms with van der Waals surface area (Å²) < 4.78 is 31.9. The first-order valence-corrected chi connectivity index (χ1v) is 8.76. The van der Waals surface area contributed by atoms with Crippen LogP contribution < -0.4 is 4.72 Å². The van der Waals surface area contributed by atoms with Gasteiger partial charge >= 0.3 is 0 Å². The molecule has 0 spiro atoms. The third kappa shape index (κ3) is 3.70. The summed E-state index contributed by atoms with van der Waals surface area (Å²) in [6.45, 7) is -0.128. The SMILES string of the molecule is O=S(=O)(NCC(O)c1ccc(-c2ccco2)cc1)c1cccnc1. The van der Waals surface area contributed by atoms with Gasteiger partial charge < -0.3 is 9.52 Å². The number of nitrogens with one attached hydrogen (secondary N) is 1. The Balaban J connectivity index is 1.66. The van der Waals surface area contributed by atoms with Gasteiger partial charge in [0, 0.05) is 24.5 Å². The summed E-state index contributed by atoms with van der Waals surface area (Å²) in [6.07, 6.45) is 3.38. The van der Waals surface area contributed by atoms with E-state index in [1.807, 2.05) is 18.2 Å². The molecule has 1 aromatic carbocycles. The highest BCUT2D eigenvalue weighted by molar-refractivity contribution is 7.89. The van der Waals surface area contributed by atoms with E-state index in [9.17, 15) is 13.5 Å². The molecular weight excluding hydrogens is 328 g/mol. The molecule has 2 heterocycles. The molecule has 0 amide bonds. The Kier molecular flexibility index (Phi) is 4.75. The Morgan fingerprint density at radius 1 is 1.12 bits per heavy atom. The molecule has 7 heteroatoms. The van der Waals surface area contributed by atoms with E-state index in [0.29, 0.717) is 5.56 Å². The highest BCUT2D eigenvalue weighted by Crippen LogP contribution is 2.22. The first-order chi connectivity index (χ1) is 11.6. The second kappa shape index (κ2) is 6.96. The molecule has 24 heavy (non-hydrogen) atoms. The number of hydrogen-bond acceptors (Lipinski definition) is 5. The van der Waals surface area contributed by atoms with E-state index in [-0.39, 0.29) is 11.4 Å². The number of rotatable bonds is 6. The minimum atomic E-state index is -3.69. The number of aliphatic hydroxyl groups excluding tert-OH is 1. The monoisotopic (exact) mass is 344 g/mol. The van der Waals surface area contributed by atoms with Gasteiger partial charge in [-0.3, -0.25) is 4.98 Å². The van der Waals surface area contributed by atoms with Crippen molar-refractivity contribution in [3.8, 4) is 11.3 Å². The van der Waals surface area contributed by atoms with Gasteiger partial charge in [-0.2, -0.15) is 0 Å². The van der Waals surface area contributed by atoms with Gasteiger partial charge in [0.05, 0.1) is 12.4 Å². The van der Waals surface area contributed by atoms with Gasteiger partial charge in [-0.1, -0.05) is 24.3 Å². The number of furan rings is 1. The fraction of sp³-hybridized carbons (Fsp3) is 0.118. The van der Waals surface area contributed by atoms with E-state index in [1.165, 1.54) is 18.5 Å². The van der Waals surface area contributed by atoms with E-state index < -0.39 is 16.1 Å². The lowest BCUT2D eigenvalue weighted by Crippen LogP contribution is -2.28. The summed E-state index contributed by atoms with van der Waals surface area (Å²) >= 11 is 0. The molecule has 0 saturated carbocycles. The molecule has 2 N–H and O–H groups in total. The number of aliphatic hydroxyl groups is 1. The van der Waals surface area contributed by atoms with Gasteiger partial charge in [0.2, 0.25) is 10.0 Å². The average Bonchev–Trinajstić information content (AvgIpc) is 3.15. The number of aromatic nitrogens is 1. The first kappa shape index (κ1) is 16.4. The van der Waals surface area contributed by atoms with Crippen LogP contribution in [0, 0.1) is 0 Å². The summed E-state index contributed by atoms with van der Waals surface area (Å²) in [5.41, 5.74) is 1.49. The van der Waals surface area contributed by atoms with Crippen molar-refractivity contribution in [3.05, 3.63) is 72.8 Å². The quantitative estimate of drug-likeness (QED) is 0.716. The molecule has 2 aromatic heterocycles. The van der Waals surface area contributed by atoms with Crippen LogP contribution in [-0.4, -0.2) is 25.1 Å². The maximum atomic E-state index is 12.1. The molecule has 0 saturated heterocycles. The van der Waals surface area contributed by atoms with Gasteiger partial charge in [0.25, 0.3) is 0 Å². The van der Waals surface area contributed by atoms with E-state index in [0.717, 1.165) is 11.3 Å². The number of pyridine rings is 1. The Hall–Kier alpha value is -2.48. The summed E-state index contributed by atoms with van der Waals surface area (Å²) in [7, 11) is -3.69. The van der Waals surface area contributed by atoms with Gasteiger partial charge in [-0.15, -0.1) is 0 Å². The highest BCUT2D eigenvalue weighted by atomic mass is 32.2. The van der Waals surface area contributed by atoms with E-state index in [1.54, 1.807) is 30.5 Å². The summed E-state index contributed by atoms with van der Waals surface area (Å²) in [5.74, 6) is 0.730. The van der Waals surface area contributed by atoms with E-state index >= 15 is 0 Å². The third-order valence-corrected chi connectivity index (χ3v) is 4.92. The molecule has 0 fully saturated rings. The molecule has 0 aliphatic carbocycles. The van der Waals surface area contributed by atoms with Crippen molar-refractivity contribution in [2.24, 2.45) is 0 Å². The maximum absolute atomic E-state index is 12.1. The van der Waals surface area contributed by atoms with Crippen LogP contribution in [0.2, 0.25) is 0 Å². The van der Waals surface area contributed by atoms with Crippen molar-refractivity contribution in [2.75, 3.05) is 6.54 Å². The molecule has 3 aromatic rings. The van der Waals surface area contributed by atoms with E-state index in [4.69, 9.17) is 4.42 Å². The summed E-state index contributed by atoms with van der Waals surface area (Å²) in [4.78, 5) is 3.84. The Bertz CT molecular complexity index is 876. The topological polar surface area (TPSA) is 92.4 Å². The highest BCUT2D eigenvalue weighted by Gasteiger charge is 2.16. The third-order valence-electron chi connectivity index (χ3n) is 3.51. The van der Waals surface area contributed by atoms with Gasteiger partial charge in [0.1, 0.15) is 10.7 Å². The van der Waals surface area contributed by atoms with Crippen LogP contribution in [0.15, 0.2) is 76.5 Å². The van der Waals surface area contributed by atoms with Crippen molar-refractivity contribution >= 4 is 10.0 Å². The standard InChI is InChI=1S/C17H16N2O4S/c20-16(12-19-24(21,22)15-3-1-9-18-11-15)13-5-7-14(8-6-13)17-4-2-10-23-17/h1-11,16,19-20H,12H2. The summed E-state index contributed by atoms with van der Waals surface area (Å²) in [5, 5.41) is 10.2. The van der Waals surface area contributed by atoms with Crippen molar-refractivity contribution in [2.45, 2.75) is 11.0 Å². The van der Waals surface area contributed by atoms with Crippen molar-refractivity contribution in [3.63, 3.8) is 0 Å². The van der Waals surface area contributed by atoms with Crippen LogP contribution in [0.1, 0.15) is 11.7 Å². The van der Waals surface area contributed by atoms with Crippen LogP contribution in [0.5, 0.6) is 0 Å². The van der Waals surface area contributed by atoms with E-state index in [2.05, 4.69) is 9.71 Å². The van der Waals surface area contributed by atoms with Crippen molar-refractivity contribution in [1.29, 1.82) is 0 Å². The molecule has 0 bridgehead atoms. The van der Waals surface area contributed by atoms with Crippen LogP contribution >= 0.6 is 0 Å². The fourth-order valence-corrected chi connectivity index (χ4v) is 3.21. The van der Waals surface area contributed by atoms with Crippen molar-refractivity contribution < 1.29 is 17.9 Å². The zero-order valence-corrected chi connectivity index (χ0v) is 13.5. The molecule has 6 nitrogen and oxygen atoms in total. The van der Waals surface area contributed by atoms with Gasteiger partial charge in [-0.25, -0.2) is 13.1 Å². The van der Waals surface area contributed by atoms with Crippen LogP contribution in [0.3, 0.4) is 0 Å². The van der Waals surface area contributed by atoms with Crippen LogP contribution in [-0.2, 0) is 10.0 Å². The van der Waals surface area contributed by atoms with Gasteiger partial charge in [-0.05, 0) is 29.8 Å². The molecule has 1 unspecified atom stereocenters.